The van der Waals surface area contributed by atoms with Crippen molar-refractivity contribution in [2.45, 2.75) is 6.92 Å². The fraction of sp³-hybridized carbons (Fsp3) is 0.316. The molecule has 3 rings (SSSR count). The first kappa shape index (κ1) is 17.1. The average molecular weight is 341 g/mol. The van der Waals surface area contributed by atoms with Crippen molar-refractivity contribution in [1.29, 1.82) is 0 Å². The lowest BCUT2D eigenvalue weighted by Gasteiger charge is -2.30. The molecule has 2 aromatic carbocycles. The first-order chi connectivity index (χ1) is 12.2. The number of amides is 2. The second-order valence-electron chi connectivity index (χ2n) is 5.85. The molecule has 1 heterocycles. The minimum Gasteiger partial charge on any atom is -0.473 e. The Labute approximate surface area is 147 Å². The van der Waals surface area contributed by atoms with Crippen LogP contribution in [0.3, 0.4) is 0 Å². The highest BCUT2D eigenvalue weighted by molar-refractivity contribution is 5.93. The molecular formula is C19H23N3O3. The lowest BCUT2D eigenvalue weighted by atomic mass is 10.2. The molecule has 1 aliphatic rings. The number of carbonyl (C=O) groups excluding carboxylic acids is 1. The molecule has 0 unspecified atom stereocenters. The lowest BCUT2D eigenvalue weighted by molar-refractivity contribution is 0.123. The van der Waals surface area contributed by atoms with Crippen molar-refractivity contribution in [2.24, 2.45) is 0 Å². The van der Waals surface area contributed by atoms with Gasteiger partial charge in [0.15, 0.2) is 6.73 Å². The van der Waals surface area contributed by atoms with E-state index in [0.29, 0.717) is 13.2 Å². The van der Waals surface area contributed by atoms with Gasteiger partial charge in [0.1, 0.15) is 5.75 Å². The van der Waals surface area contributed by atoms with Crippen LogP contribution in [-0.2, 0) is 4.74 Å². The Morgan fingerprint density at radius 1 is 1.12 bits per heavy atom. The molecule has 0 atom stereocenters. The minimum atomic E-state index is -0.298. The highest BCUT2D eigenvalue weighted by Gasteiger charge is 2.15. The first-order valence-electron chi connectivity index (χ1n) is 8.38. The number of carbonyl (C=O) groups is 1. The van der Waals surface area contributed by atoms with Gasteiger partial charge in [-0.05, 0) is 31.2 Å². The first-order valence-corrected chi connectivity index (χ1v) is 8.38. The van der Waals surface area contributed by atoms with E-state index in [0.717, 1.165) is 35.8 Å². The van der Waals surface area contributed by atoms with Crippen LogP contribution in [0.4, 0.5) is 16.2 Å². The molecule has 2 aromatic rings. The van der Waals surface area contributed by atoms with Gasteiger partial charge in [0.05, 0.1) is 24.6 Å². The molecule has 0 aromatic heterocycles. The number of nitrogens with one attached hydrogen (secondary N) is 2. The Balaban J connectivity index is 1.53. The van der Waals surface area contributed by atoms with Crippen molar-refractivity contribution in [3.8, 4) is 5.75 Å². The van der Waals surface area contributed by atoms with Gasteiger partial charge in [-0.3, -0.25) is 0 Å². The fourth-order valence-corrected chi connectivity index (χ4v) is 2.65. The summed E-state index contributed by atoms with van der Waals surface area (Å²) in [6, 6.07) is 15.2. The van der Waals surface area contributed by atoms with Crippen LogP contribution in [0.2, 0.25) is 0 Å². The maximum absolute atomic E-state index is 12.1. The topological polar surface area (TPSA) is 62.8 Å². The molecule has 132 valence electrons. The molecule has 0 aliphatic carbocycles. The molecule has 25 heavy (non-hydrogen) atoms. The number of anilines is 2. The predicted octanol–water partition coefficient (Wildman–Crippen LogP) is 2.99. The van der Waals surface area contributed by atoms with E-state index in [1.165, 1.54) is 0 Å². The zero-order valence-electron chi connectivity index (χ0n) is 14.3. The number of hydrogen-bond donors (Lipinski definition) is 2. The van der Waals surface area contributed by atoms with Gasteiger partial charge < -0.3 is 25.0 Å². The molecule has 0 saturated carbocycles. The number of hydrogen-bond acceptors (Lipinski definition) is 4. The summed E-state index contributed by atoms with van der Waals surface area (Å²) in [4.78, 5) is 14.4. The number of rotatable bonds is 5. The molecule has 0 spiro atoms. The van der Waals surface area contributed by atoms with Gasteiger partial charge in [-0.25, -0.2) is 4.79 Å². The van der Waals surface area contributed by atoms with Crippen LogP contribution in [-0.4, -0.2) is 39.1 Å². The summed E-state index contributed by atoms with van der Waals surface area (Å²) in [7, 11) is 0. The monoisotopic (exact) mass is 341 g/mol. The second kappa shape index (κ2) is 8.39. The van der Waals surface area contributed by atoms with E-state index >= 15 is 0 Å². The zero-order chi connectivity index (χ0) is 17.5. The Morgan fingerprint density at radius 3 is 2.60 bits per heavy atom. The Kier molecular flexibility index (Phi) is 5.74. The normalized spacial score (nSPS) is 14.0. The third kappa shape index (κ3) is 4.87. The number of urea groups is 1. The summed E-state index contributed by atoms with van der Waals surface area (Å²) >= 11 is 0. The highest BCUT2D eigenvalue weighted by Crippen LogP contribution is 2.26. The quantitative estimate of drug-likeness (QED) is 0.821. The molecule has 1 fully saturated rings. The summed E-state index contributed by atoms with van der Waals surface area (Å²) in [5.41, 5.74) is 2.94. The highest BCUT2D eigenvalue weighted by atomic mass is 16.5. The fourth-order valence-electron chi connectivity index (χ4n) is 2.65. The van der Waals surface area contributed by atoms with Crippen LogP contribution >= 0.6 is 0 Å². The van der Waals surface area contributed by atoms with Gasteiger partial charge >= 0.3 is 6.03 Å². The lowest BCUT2D eigenvalue weighted by Crippen LogP contribution is -2.37. The van der Waals surface area contributed by atoms with Gasteiger partial charge in [0, 0.05) is 13.1 Å². The largest absolute Gasteiger partial charge is 0.473 e. The number of morpholine rings is 1. The van der Waals surface area contributed by atoms with E-state index in [4.69, 9.17) is 9.47 Å². The van der Waals surface area contributed by atoms with Crippen molar-refractivity contribution < 1.29 is 14.3 Å². The van der Waals surface area contributed by atoms with E-state index in [9.17, 15) is 4.79 Å². The molecule has 1 saturated heterocycles. The standard InChI is InChI=1S/C19H23N3O3/c1-15-6-8-16(9-7-15)25-14-20-19(23)21-17-4-2-3-5-18(17)22-10-12-24-13-11-22/h2-9H,10-14H2,1H3,(H2,20,21,23). The molecule has 6 nitrogen and oxygen atoms in total. The van der Waals surface area contributed by atoms with E-state index in [1.807, 2.05) is 55.5 Å². The van der Waals surface area contributed by atoms with Crippen LogP contribution in [0.15, 0.2) is 48.5 Å². The molecule has 2 N–H and O–H groups in total. The van der Waals surface area contributed by atoms with Gasteiger partial charge in [-0.1, -0.05) is 29.8 Å². The van der Waals surface area contributed by atoms with Crippen LogP contribution in [0.5, 0.6) is 5.75 Å². The second-order valence-corrected chi connectivity index (χ2v) is 5.85. The summed E-state index contributed by atoms with van der Waals surface area (Å²) in [6.45, 7) is 5.15. The number of aryl methyl sites for hydroxylation is 1. The van der Waals surface area contributed by atoms with E-state index in [2.05, 4.69) is 15.5 Å². The molecule has 2 amide bonds. The van der Waals surface area contributed by atoms with Crippen LogP contribution in [0, 0.1) is 6.92 Å². The summed E-state index contributed by atoms with van der Waals surface area (Å²) < 4.78 is 10.9. The maximum Gasteiger partial charge on any atom is 0.321 e. The van der Waals surface area contributed by atoms with Gasteiger partial charge in [-0.2, -0.15) is 0 Å². The molecule has 1 aliphatic heterocycles. The molecule has 0 radical (unpaired) electrons. The van der Waals surface area contributed by atoms with E-state index in [-0.39, 0.29) is 12.8 Å². The van der Waals surface area contributed by atoms with E-state index < -0.39 is 0 Å². The minimum absolute atomic E-state index is 0.106. The van der Waals surface area contributed by atoms with Crippen LogP contribution in [0.1, 0.15) is 5.56 Å². The molecular weight excluding hydrogens is 318 g/mol. The SMILES string of the molecule is Cc1ccc(OCNC(=O)Nc2ccccc2N2CCOCC2)cc1. The van der Waals surface area contributed by atoms with Gasteiger partial charge in [-0.15, -0.1) is 0 Å². The molecule has 6 heteroatoms. The van der Waals surface area contributed by atoms with Crippen molar-refractivity contribution in [1.82, 2.24) is 5.32 Å². The Hall–Kier alpha value is -2.73. The summed E-state index contributed by atoms with van der Waals surface area (Å²) in [6.07, 6.45) is 0. The Morgan fingerprint density at radius 2 is 1.84 bits per heavy atom. The third-order valence-electron chi connectivity index (χ3n) is 4.00. The van der Waals surface area contributed by atoms with Gasteiger partial charge in [0.25, 0.3) is 0 Å². The third-order valence-corrected chi connectivity index (χ3v) is 4.00. The van der Waals surface area contributed by atoms with Crippen molar-refractivity contribution >= 4 is 17.4 Å². The summed E-state index contributed by atoms with van der Waals surface area (Å²) in [5, 5.41) is 5.60. The Bertz CT molecular complexity index is 697. The van der Waals surface area contributed by atoms with Crippen molar-refractivity contribution in [3.05, 3.63) is 54.1 Å². The van der Waals surface area contributed by atoms with Crippen LogP contribution < -0.4 is 20.3 Å². The van der Waals surface area contributed by atoms with E-state index in [1.54, 1.807) is 0 Å². The maximum atomic E-state index is 12.1. The van der Waals surface area contributed by atoms with Crippen molar-refractivity contribution in [3.63, 3.8) is 0 Å². The van der Waals surface area contributed by atoms with Gasteiger partial charge in [0.2, 0.25) is 0 Å². The number of para-hydroxylation sites is 2. The zero-order valence-corrected chi connectivity index (χ0v) is 14.3. The smallest absolute Gasteiger partial charge is 0.321 e. The molecule has 0 bridgehead atoms. The van der Waals surface area contributed by atoms with Crippen LogP contribution in [0.25, 0.3) is 0 Å². The van der Waals surface area contributed by atoms with Crippen molar-refractivity contribution in [2.75, 3.05) is 43.3 Å². The average Bonchev–Trinajstić information content (AvgIpc) is 2.64. The predicted molar refractivity (Wildman–Crippen MR) is 98.3 cm³/mol. The number of benzene rings is 2. The number of nitrogens with zero attached hydrogens (tertiary/aromatic N) is 1. The number of ether oxygens (including phenoxy) is 2. The summed E-state index contributed by atoms with van der Waals surface area (Å²) in [5.74, 6) is 0.722.